The lowest BCUT2D eigenvalue weighted by Crippen LogP contribution is -2.53. The highest BCUT2D eigenvalue weighted by Gasteiger charge is 2.31. The Morgan fingerprint density at radius 3 is 1.87 bits per heavy atom. The first-order chi connectivity index (χ1) is 14.8. The summed E-state index contributed by atoms with van der Waals surface area (Å²) >= 11 is 0. The topological polar surface area (TPSA) is 204 Å². The number of hydrogen-bond donors (Lipinski definition) is 6. The van der Waals surface area contributed by atoms with E-state index in [0.29, 0.717) is 55.3 Å². The van der Waals surface area contributed by atoms with E-state index in [1.807, 2.05) is 9.80 Å². The Labute approximate surface area is 180 Å². The molecule has 0 aliphatic carbocycles. The summed E-state index contributed by atoms with van der Waals surface area (Å²) in [7, 11) is 0. The Morgan fingerprint density at radius 2 is 1.35 bits per heavy atom. The molecule has 2 aliphatic heterocycles. The summed E-state index contributed by atoms with van der Waals surface area (Å²) in [6.07, 6.45) is 0.752. The van der Waals surface area contributed by atoms with E-state index in [9.17, 15) is 4.79 Å². The lowest BCUT2D eigenvalue weighted by Gasteiger charge is -2.35. The molecule has 12 heteroatoms. The first-order valence-corrected chi connectivity index (χ1v) is 10.2. The summed E-state index contributed by atoms with van der Waals surface area (Å²) in [4.78, 5) is 29.1. The minimum Gasteiger partial charge on any atom is -0.366 e. The molecule has 2 fully saturated rings. The standard InChI is InChI=1S/C19H29N11O/c20-11-5-12(21)7-29(6-11)18-26-17(25-13-3-1-10(2-4-13)16(24)31)27-19(28-18)30-8-14(22)15(23)9-30/h1-4,11-12,14-15H,5-9,20-23H2,(H2,24,31)(H,25,26,27,28)/t11-,12+,14-,15+. The van der Waals surface area contributed by atoms with Crippen molar-refractivity contribution in [3.8, 4) is 0 Å². The van der Waals surface area contributed by atoms with Crippen molar-refractivity contribution >= 4 is 29.4 Å². The van der Waals surface area contributed by atoms with Crippen LogP contribution < -0.4 is 43.8 Å². The predicted molar refractivity (Wildman–Crippen MR) is 119 cm³/mol. The second-order valence-corrected chi connectivity index (χ2v) is 8.22. The molecular weight excluding hydrogens is 398 g/mol. The Morgan fingerprint density at radius 1 is 0.839 bits per heavy atom. The fourth-order valence-electron chi connectivity index (χ4n) is 3.90. The maximum absolute atomic E-state index is 11.3. The molecule has 2 saturated heterocycles. The van der Waals surface area contributed by atoms with E-state index >= 15 is 0 Å². The largest absolute Gasteiger partial charge is 0.366 e. The third-order valence-corrected chi connectivity index (χ3v) is 5.53. The van der Waals surface area contributed by atoms with Crippen molar-refractivity contribution in [3.63, 3.8) is 0 Å². The Balaban J connectivity index is 1.64. The summed E-state index contributed by atoms with van der Waals surface area (Å²) < 4.78 is 0. The van der Waals surface area contributed by atoms with Crippen molar-refractivity contribution in [1.29, 1.82) is 0 Å². The minimum atomic E-state index is -0.490. The quantitative estimate of drug-likeness (QED) is 0.309. The first kappa shape index (κ1) is 21.2. The van der Waals surface area contributed by atoms with Gasteiger partial charge in [0.05, 0.1) is 0 Å². The van der Waals surface area contributed by atoms with Gasteiger partial charge in [-0.1, -0.05) is 0 Å². The SMILES string of the molecule is NC(=O)c1ccc(Nc2nc(N3C[C@H](N)C[C@H](N)C3)nc(N3C[C@@H](N)[C@@H](N)C3)n2)cc1. The molecule has 31 heavy (non-hydrogen) atoms. The highest BCUT2D eigenvalue weighted by molar-refractivity contribution is 5.93. The summed E-state index contributed by atoms with van der Waals surface area (Å²) in [6.45, 7) is 2.30. The second-order valence-electron chi connectivity index (χ2n) is 8.22. The number of hydrogen-bond acceptors (Lipinski definition) is 11. The lowest BCUT2D eigenvalue weighted by atomic mass is 10.0. The van der Waals surface area contributed by atoms with Crippen molar-refractivity contribution in [2.75, 3.05) is 41.3 Å². The zero-order valence-corrected chi connectivity index (χ0v) is 17.2. The van der Waals surface area contributed by atoms with Gasteiger partial charge in [0.1, 0.15) is 0 Å². The van der Waals surface area contributed by atoms with Crippen molar-refractivity contribution < 1.29 is 4.79 Å². The van der Waals surface area contributed by atoms with Crippen LogP contribution in [-0.4, -0.2) is 71.2 Å². The maximum Gasteiger partial charge on any atom is 0.248 e. The number of carbonyl (C=O) groups excluding carboxylic acids is 1. The number of carbonyl (C=O) groups is 1. The Hall–Kier alpha value is -3.06. The normalized spacial score (nSPS) is 26.2. The predicted octanol–water partition coefficient (Wildman–Crippen LogP) is -1.95. The highest BCUT2D eigenvalue weighted by atomic mass is 16.1. The maximum atomic E-state index is 11.3. The van der Waals surface area contributed by atoms with Gasteiger partial charge in [-0.25, -0.2) is 0 Å². The van der Waals surface area contributed by atoms with Crippen LogP contribution in [-0.2, 0) is 0 Å². The zero-order valence-electron chi connectivity index (χ0n) is 17.2. The fraction of sp³-hybridized carbons (Fsp3) is 0.474. The number of primary amides is 1. The molecule has 1 amide bonds. The van der Waals surface area contributed by atoms with Crippen molar-refractivity contribution in [3.05, 3.63) is 29.8 Å². The van der Waals surface area contributed by atoms with Gasteiger partial charge in [0, 0.05) is 61.6 Å². The summed E-state index contributed by atoms with van der Waals surface area (Å²) in [5, 5.41) is 3.17. The number of nitrogens with zero attached hydrogens (tertiary/aromatic N) is 5. The monoisotopic (exact) mass is 427 g/mol. The molecule has 1 aromatic carbocycles. The number of nitrogens with two attached hydrogens (primary N) is 5. The average molecular weight is 428 g/mol. The molecule has 4 rings (SSSR count). The van der Waals surface area contributed by atoms with Crippen LogP contribution in [0.1, 0.15) is 16.8 Å². The van der Waals surface area contributed by atoms with Crippen LogP contribution >= 0.6 is 0 Å². The molecule has 166 valence electrons. The van der Waals surface area contributed by atoms with Crippen molar-refractivity contribution in [2.45, 2.75) is 30.6 Å². The second kappa shape index (κ2) is 8.59. The van der Waals surface area contributed by atoms with Gasteiger partial charge in [0.15, 0.2) is 0 Å². The van der Waals surface area contributed by atoms with Crippen LogP contribution in [0.5, 0.6) is 0 Å². The van der Waals surface area contributed by atoms with E-state index in [0.717, 1.165) is 6.42 Å². The number of rotatable bonds is 5. The lowest BCUT2D eigenvalue weighted by molar-refractivity contribution is 0.100. The molecule has 0 saturated carbocycles. The van der Waals surface area contributed by atoms with E-state index in [-0.39, 0.29) is 24.2 Å². The summed E-state index contributed by atoms with van der Waals surface area (Å²) in [5.41, 5.74) is 30.9. The van der Waals surface area contributed by atoms with Gasteiger partial charge in [-0.15, -0.1) is 0 Å². The van der Waals surface area contributed by atoms with Gasteiger partial charge in [-0.3, -0.25) is 4.79 Å². The number of nitrogens with one attached hydrogen (secondary N) is 1. The fourth-order valence-corrected chi connectivity index (χ4v) is 3.90. The number of piperidine rings is 1. The van der Waals surface area contributed by atoms with E-state index in [1.165, 1.54) is 0 Å². The van der Waals surface area contributed by atoms with E-state index < -0.39 is 5.91 Å². The van der Waals surface area contributed by atoms with E-state index in [2.05, 4.69) is 20.3 Å². The van der Waals surface area contributed by atoms with Gasteiger partial charge in [0.25, 0.3) is 0 Å². The minimum absolute atomic E-state index is 0.0599. The number of anilines is 4. The molecular formula is C19H29N11O. The number of benzene rings is 1. The van der Waals surface area contributed by atoms with Crippen LogP contribution in [0.25, 0.3) is 0 Å². The van der Waals surface area contributed by atoms with Crippen molar-refractivity contribution in [2.24, 2.45) is 28.7 Å². The Kier molecular flexibility index (Phi) is 5.87. The van der Waals surface area contributed by atoms with Crippen LogP contribution in [0, 0.1) is 0 Å². The molecule has 0 spiro atoms. The van der Waals surface area contributed by atoms with Crippen LogP contribution in [0.15, 0.2) is 24.3 Å². The van der Waals surface area contributed by atoms with Gasteiger partial charge < -0.3 is 43.8 Å². The molecule has 12 nitrogen and oxygen atoms in total. The van der Waals surface area contributed by atoms with Gasteiger partial charge in [-0.2, -0.15) is 15.0 Å². The summed E-state index contributed by atoms with van der Waals surface area (Å²) in [5.74, 6) is 0.836. The van der Waals surface area contributed by atoms with Crippen LogP contribution in [0.3, 0.4) is 0 Å². The first-order valence-electron chi connectivity index (χ1n) is 10.2. The molecule has 1 aromatic heterocycles. The smallest absolute Gasteiger partial charge is 0.248 e. The molecule has 0 bridgehead atoms. The Bertz CT molecular complexity index is 917. The van der Waals surface area contributed by atoms with Gasteiger partial charge in [0.2, 0.25) is 23.8 Å². The van der Waals surface area contributed by atoms with Crippen molar-refractivity contribution in [1.82, 2.24) is 15.0 Å². The molecule has 11 N–H and O–H groups in total. The summed E-state index contributed by atoms with van der Waals surface area (Å²) in [6, 6.07) is 6.30. The van der Waals surface area contributed by atoms with E-state index in [1.54, 1.807) is 24.3 Å². The molecule has 2 aliphatic rings. The molecule has 3 heterocycles. The molecule has 2 aromatic rings. The van der Waals surface area contributed by atoms with Gasteiger partial charge in [-0.05, 0) is 30.7 Å². The third-order valence-electron chi connectivity index (χ3n) is 5.53. The molecule has 0 radical (unpaired) electrons. The average Bonchev–Trinajstić information content (AvgIpc) is 3.06. The van der Waals surface area contributed by atoms with E-state index in [4.69, 9.17) is 28.7 Å². The zero-order chi connectivity index (χ0) is 22.1. The molecule has 4 atom stereocenters. The molecule has 0 unspecified atom stereocenters. The van der Waals surface area contributed by atoms with Crippen LogP contribution in [0.2, 0.25) is 0 Å². The van der Waals surface area contributed by atoms with Crippen LogP contribution in [0.4, 0.5) is 23.5 Å². The number of amides is 1. The van der Waals surface area contributed by atoms with Gasteiger partial charge >= 0.3 is 0 Å². The third kappa shape index (κ3) is 4.82. The number of aromatic nitrogens is 3. The highest BCUT2D eigenvalue weighted by Crippen LogP contribution is 2.24.